The molecule has 14 heteroatoms. The number of aliphatic hydroxyl groups is 1. The van der Waals surface area contributed by atoms with Gasteiger partial charge in [0.2, 0.25) is 5.60 Å². The van der Waals surface area contributed by atoms with E-state index in [4.69, 9.17) is 0 Å². The molecule has 4 atom stereocenters. The number of hydrogen-bond donors (Lipinski definition) is 1. The summed E-state index contributed by atoms with van der Waals surface area (Å²) in [4.78, 5) is 12.1. The average molecular weight is 506 g/mol. The Balaban J connectivity index is 2.94. The molecule has 0 amide bonds. The molecule has 1 N–H and O–H groups in total. The summed E-state index contributed by atoms with van der Waals surface area (Å²) in [6.07, 6.45) is -14.8. The summed E-state index contributed by atoms with van der Waals surface area (Å²) in [5.74, 6) is -24.1. The fourth-order valence-electron chi connectivity index (χ4n) is 4.34. The second-order valence-corrected chi connectivity index (χ2v) is 8.74. The zero-order valence-electron chi connectivity index (χ0n) is 17.8. The summed E-state index contributed by atoms with van der Waals surface area (Å²) < 4.78 is 154. The van der Waals surface area contributed by atoms with Crippen molar-refractivity contribution in [1.82, 2.24) is 0 Å². The summed E-state index contributed by atoms with van der Waals surface area (Å²) in [6.45, 7) is 1.62. The van der Waals surface area contributed by atoms with Crippen LogP contribution in [0.5, 0.6) is 0 Å². The van der Waals surface area contributed by atoms with Gasteiger partial charge < -0.3 is 14.6 Å². The fraction of sp³-hybridized carbons (Fsp3) is 0.947. The zero-order chi connectivity index (χ0) is 25.9. The third-order valence-corrected chi connectivity index (χ3v) is 6.64. The SMILES string of the molecule is CCC(C)C(=O)OC1(C(F)(F)F)OC(C2CCCCC2)(C(F)(F)F)C(F)(F)C(C)(O)C1(F)F. The summed E-state index contributed by atoms with van der Waals surface area (Å²) >= 11 is 0. The highest BCUT2D eigenvalue weighted by atomic mass is 19.4. The third-order valence-electron chi connectivity index (χ3n) is 6.64. The first-order valence-electron chi connectivity index (χ1n) is 10.2. The van der Waals surface area contributed by atoms with Gasteiger partial charge in [0.25, 0.3) is 0 Å². The van der Waals surface area contributed by atoms with E-state index in [-0.39, 0.29) is 25.7 Å². The van der Waals surface area contributed by atoms with E-state index in [1.165, 1.54) is 6.92 Å². The molecule has 4 unspecified atom stereocenters. The number of carbonyl (C=O) groups excluding carboxylic acids is 1. The molecule has 2 aliphatic rings. The fourth-order valence-corrected chi connectivity index (χ4v) is 4.34. The highest BCUT2D eigenvalue weighted by Crippen LogP contribution is 2.68. The molecule has 1 aliphatic carbocycles. The van der Waals surface area contributed by atoms with Crippen LogP contribution in [0.2, 0.25) is 0 Å². The lowest BCUT2D eigenvalue weighted by Crippen LogP contribution is -2.88. The van der Waals surface area contributed by atoms with Crippen molar-refractivity contribution in [3.8, 4) is 0 Å². The lowest BCUT2D eigenvalue weighted by atomic mass is 9.64. The van der Waals surface area contributed by atoms with Gasteiger partial charge in [-0.25, -0.2) is 0 Å². The number of alkyl halides is 10. The Morgan fingerprint density at radius 1 is 1.00 bits per heavy atom. The van der Waals surface area contributed by atoms with Crippen molar-refractivity contribution in [2.45, 2.75) is 100 Å². The molecule has 0 radical (unpaired) electrons. The van der Waals surface area contributed by atoms with Crippen LogP contribution in [0.4, 0.5) is 43.9 Å². The first-order chi connectivity index (χ1) is 14.7. The molecule has 0 aromatic carbocycles. The first kappa shape index (κ1) is 27.9. The number of esters is 1. The van der Waals surface area contributed by atoms with Crippen molar-refractivity contribution >= 4 is 5.97 Å². The molecule has 0 bridgehead atoms. The number of halogens is 10. The van der Waals surface area contributed by atoms with Crippen LogP contribution in [0.15, 0.2) is 0 Å². The standard InChI is InChI=1S/C19H24F10O4/c1-4-10(2)12(30)32-17(19(27,28)29)16(22,23)13(3,31)15(20,21)14(33-17,18(24,25)26)11-8-6-5-7-9-11/h10-11,31H,4-9H2,1-3H3. The molecule has 194 valence electrons. The van der Waals surface area contributed by atoms with Crippen molar-refractivity contribution in [3.05, 3.63) is 0 Å². The monoisotopic (exact) mass is 506 g/mol. The second kappa shape index (κ2) is 8.13. The van der Waals surface area contributed by atoms with E-state index < -0.39 is 78.8 Å². The van der Waals surface area contributed by atoms with Gasteiger partial charge in [0.05, 0.1) is 5.92 Å². The molecule has 33 heavy (non-hydrogen) atoms. The van der Waals surface area contributed by atoms with Gasteiger partial charge in [-0.3, -0.25) is 4.79 Å². The molecule has 4 nitrogen and oxygen atoms in total. The van der Waals surface area contributed by atoms with E-state index >= 15 is 17.6 Å². The van der Waals surface area contributed by atoms with Crippen LogP contribution < -0.4 is 0 Å². The highest BCUT2D eigenvalue weighted by molar-refractivity contribution is 5.72. The largest absolute Gasteiger partial charge is 0.462 e. The summed E-state index contributed by atoms with van der Waals surface area (Å²) in [7, 11) is 0. The van der Waals surface area contributed by atoms with Crippen LogP contribution in [0.3, 0.4) is 0 Å². The topological polar surface area (TPSA) is 55.8 Å². The number of ether oxygens (including phenoxy) is 2. The van der Waals surface area contributed by atoms with Crippen molar-refractivity contribution in [2.24, 2.45) is 11.8 Å². The second-order valence-electron chi connectivity index (χ2n) is 8.74. The lowest BCUT2D eigenvalue weighted by Gasteiger charge is -2.61. The molecule has 0 spiro atoms. The van der Waals surface area contributed by atoms with Crippen molar-refractivity contribution in [2.75, 3.05) is 0 Å². The van der Waals surface area contributed by atoms with E-state index in [0.717, 1.165) is 6.92 Å². The Hall–Kier alpha value is -1.31. The van der Waals surface area contributed by atoms with Gasteiger partial charge in [0.15, 0.2) is 5.60 Å². The van der Waals surface area contributed by atoms with Crippen LogP contribution in [0.1, 0.15) is 59.3 Å². The Labute approximate surface area is 182 Å². The minimum atomic E-state index is -6.65. The predicted molar refractivity (Wildman–Crippen MR) is 91.3 cm³/mol. The first-order valence-corrected chi connectivity index (χ1v) is 10.2. The average Bonchev–Trinajstić information content (AvgIpc) is 2.67. The van der Waals surface area contributed by atoms with Gasteiger partial charge in [-0.15, -0.1) is 0 Å². The molecular formula is C19H24F10O4. The predicted octanol–water partition coefficient (Wildman–Crippen LogP) is 5.77. The Kier molecular flexibility index (Phi) is 6.88. The van der Waals surface area contributed by atoms with E-state index in [1.54, 1.807) is 0 Å². The van der Waals surface area contributed by atoms with E-state index in [9.17, 15) is 36.2 Å². The maximum Gasteiger partial charge on any atom is 0.462 e. The molecular weight excluding hydrogens is 482 g/mol. The van der Waals surface area contributed by atoms with Crippen LogP contribution >= 0.6 is 0 Å². The lowest BCUT2D eigenvalue weighted by molar-refractivity contribution is -0.562. The maximum absolute atomic E-state index is 15.3. The number of rotatable bonds is 4. The zero-order valence-corrected chi connectivity index (χ0v) is 17.8. The van der Waals surface area contributed by atoms with Crippen LogP contribution in [0.25, 0.3) is 0 Å². The van der Waals surface area contributed by atoms with Gasteiger partial charge in [-0.2, -0.15) is 43.9 Å². The van der Waals surface area contributed by atoms with Crippen molar-refractivity contribution in [1.29, 1.82) is 0 Å². The summed E-state index contributed by atoms with van der Waals surface area (Å²) in [5, 5.41) is 10.1. The van der Waals surface area contributed by atoms with Crippen molar-refractivity contribution < 1.29 is 63.3 Å². The minimum Gasteiger partial charge on any atom is -0.418 e. The molecule has 2 fully saturated rings. The normalized spacial score (nSPS) is 36.3. The van der Waals surface area contributed by atoms with E-state index in [0.29, 0.717) is 0 Å². The highest BCUT2D eigenvalue weighted by Gasteiger charge is 2.96. The number of carbonyl (C=O) groups is 1. The van der Waals surface area contributed by atoms with Gasteiger partial charge in [0, 0.05) is 5.92 Å². The Morgan fingerprint density at radius 2 is 1.48 bits per heavy atom. The van der Waals surface area contributed by atoms with Gasteiger partial charge in [-0.1, -0.05) is 33.1 Å². The quantitative estimate of drug-likeness (QED) is 0.389. The Morgan fingerprint density at radius 3 is 1.88 bits per heavy atom. The minimum absolute atomic E-state index is 0.133. The smallest absolute Gasteiger partial charge is 0.418 e. The Bertz CT molecular complexity index is 742. The molecule has 2 rings (SSSR count). The van der Waals surface area contributed by atoms with Crippen LogP contribution in [-0.2, 0) is 14.3 Å². The van der Waals surface area contributed by atoms with Crippen LogP contribution in [-0.4, -0.2) is 52.3 Å². The molecule has 1 aliphatic heterocycles. The summed E-state index contributed by atoms with van der Waals surface area (Å²) in [6, 6.07) is 0. The summed E-state index contributed by atoms with van der Waals surface area (Å²) in [5.41, 5.74) is -10.5. The molecule has 1 heterocycles. The molecule has 1 saturated carbocycles. The van der Waals surface area contributed by atoms with Gasteiger partial charge >= 0.3 is 36.0 Å². The third kappa shape index (κ3) is 3.61. The van der Waals surface area contributed by atoms with Crippen molar-refractivity contribution in [3.63, 3.8) is 0 Å². The molecule has 0 aromatic rings. The maximum atomic E-state index is 15.3. The number of hydrogen-bond acceptors (Lipinski definition) is 4. The van der Waals surface area contributed by atoms with Crippen LogP contribution in [0, 0.1) is 11.8 Å². The van der Waals surface area contributed by atoms with Gasteiger partial charge in [-0.05, 0) is 26.2 Å². The molecule has 1 saturated heterocycles. The van der Waals surface area contributed by atoms with E-state index in [2.05, 4.69) is 9.47 Å². The van der Waals surface area contributed by atoms with E-state index in [1.807, 2.05) is 0 Å². The molecule has 0 aromatic heterocycles. The van der Waals surface area contributed by atoms with Gasteiger partial charge in [0.1, 0.15) is 0 Å².